The van der Waals surface area contributed by atoms with Gasteiger partial charge in [-0.3, -0.25) is 4.79 Å². The van der Waals surface area contributed by atoms with E-state index in [9.17, 15) is 14.0 Å². The first-order valence-electron chi connectivity index (χ1n) is 13.3. The van der Waals surface area contributed by atoms with Crippen molar-refractivity contribution in [3.63, 3.8) is 0 Å². The molecule has 2 heterocycles. The van der Waals surface area contributed by atoms with Gasteiger partial charge in [0, 0.05) is 31.0 Å². The average Bonchev–Trinajstić information content (AvgIpc) is 2.87. The minimum atomic E-state index is -0.493. The van der Waals surface area contributed by atoms with Crippen molar-refractivity contribution in [3.8, 4) is 5.75 Å². The van der Waals surface area contributed by atoms with E-state index >= 15 is 0 Å². The van der Waals surface area contributed by atoms with Crippen LogP contribution in [0.5, 0.6) is 5.75 Å². The summed E-state index contributed by atoms with van der Waals surface area (Å²) in [5.41, 5.74) is 1.52. The number of carbonyl (C=O) groups is 2. The number of thiol groups is 1. The van der Waals surface area contributed by atoms with Crippen LogP contribution in [0.1, 0.15) is 58.4 Å². The van der Waals surface area contributed by atoms with Crippen molar-refractivity contribution in [2.45, 2.75) is 58.5 Å². The van der Waals surface area contributed by atoms with Gasteiger partial charge in [0.15, 0.2) is 6.61 Å². The normalized spacial score (nSPS) is 21.7. The molecule has 0 spiro atoms. The Morgan fingerprint density at radius 3 is 2.42 bits per heavy atom. The summed E-state index contributed by atoms with van der Waals surface area (Å²) < 4.78 is 24.9. The van der Waals surface area contributed by atoms with Crippen LogP contribution < -0.4 is 0 Å². The highest BCUT2D eigenvalue weighted by Gasteiger charge is 2.30. The molecule has 4 rings (SSSR count). The van der Waals surface area contributed by atoms with Gasteiger partial charge in [-0.05, 0) is 87.9 Å². The number of aliphatic hydroxyl groups is 1. The SMILES string of the molecule is CC(C)(C)OC(=O)N1CCC(C[OH+]c2ccc(C3=CCC(C(=O)N4CC[SH+]CC4)CC3)cc2F)CC1. The maximum atomic E-state index is 14.9. The standard InChI is InChI=1S/C28H39FN2O4S/c1-28(2,3)35-27(33)31-12-10-20(11-13-31)19-34-25-9-8-23(18-24(25)29)21-4-6-22(7-5-21)26(32)30-14-16-36-17-15-30/h4,8-9,18,20,22H,5-7,10-17,19H2,1-3H3/p+2. The van der Waals surface area contributed by atoms with E-state index in [0.717, 1.165) is 67.8 Å². The molecule has 2 saturated heterocycles. The first kappa shape index (κ1) is 26.8. The highest BCUT2D eigenvalue weighted by atomic mass is 32.2. The molecule has 2 amide bonds. The zero-order valence-corrected chi connectivity index (χ0v) is 22.7. The lowest BCUT2D eigenvalue weighted by atomic mass is 9.85. The molecule has 2 fully saturated rings. The second-order valence-electron chi connectivity index (χ2n) is 11.1. The second kappa shape index (κ2) is 11.9. The summed E-state index contributed by atoms with van der Waals surface area (Å²) in [5, 5.41) is 0. The molecular weight excluding hydrogens is 479 g/mol. The van der Waals surface area contributed by atoms with E-state index in [1.165, 1.54) is 11.8 Å². The molecule has 1 N–H and O–H groups in total. The number of nitrogens with zero attached hydrogens (tertiary/aromatic N) is 2. The van der Waals surface area contributed by atoms with Crippen molar-refractivity contribution in [2.75, 3.05) is 44.3 Å². The molecule has 6 nitrogen and oxygen atoms in total. The number of likely N-dealkylation sites (tertiary alicyclic amines) is 1. The van der Waals surface area contributed by atoms with Crippen molar-refractivity contribution in [1.82, 2.24) is 9.80 Å². The largest absolute Gasteiger partial charge is 0.580 e. The fraction of sp³-hybridized carbons (Fsp3) is 0.643. The Kier molecular flexibility index (Phi) is 8.86. The summed E-state index contributed by atoms with van der Waals surface area (Å²) in [5.74, 6) is 2.94. The number of halogens is 1. The molecule has 198 valence electrons. The van der Waals surface area contributed by atoms with Crippen LogP contribution in [0.4, 0.5) is 9.18 Å². The van der Waals surface area contributed by atoms with Crippen LogP contribution in [0.15, 0.2) is 24.3 Å². The van der Waals surface area contributed by atoms with Gasteiger partial charge in [0.2, 0.25) is 11.7 Å². The lowest BCUT2D eigenvalue weighted by Gasteiger charge is -2.32. The first-order valence-corrected chi connectivity index (χ1v) is 14.5. The topological polar surface area (TPSA) is 62.7 Å². The molecule has 2 aliphatic heterocycles. The first-order chi connectivity index (χ1) is 17.2. The van der Waals surface area contributed by atoms with E-state index in [2.05, 4.69) is 10.8 Å². The van der Waals surface area contributed by atoms with E-state index in [-0.39, 0.29) is 23.7 Å². The lowest BCUT2D eigenvalue weighted by molar-refractivity contribution is -0.135. The Balaban J connectivity index is 1.24. The number of aromatic hydroxyl groups is 1. The smallest absolute Gasteiger partial charge is 0.410 e. The van der Waals surface area contributed by atoms with E-state index < -0.39 is 5.60 Å². The summed E-state index contributed by atoms with van der Waals surface area (Å²) in [6.45, 7) is 9.22. The molecule has 8 heteroatoms. The maximum Gasteiger partial charge on any atom is 0.410 e. The number of benzene rings is 1. The highest BCUT2D eigenvalue weighted by molar-refractivity contribution is 7.78. The third kappa shape index (κ3) is 7.17. The number of amides is 2. The number of hydrogen-bond acceptors (Lipinski definition) is 3. The summed E-state index contributed by atoms with van der Waals surface area (Å²) in [6.07, 6.45) is 5.90. The predicted molar refractivity (Wildman–Crippen MR) is 144 cm³/mol. The molecule has 1 atom stereocenters. The maximum absolute atomic E-state index is 14.9. The highest BCUT2D eigenvalue weighted by Crippen LogP contribution is 2.33. The van der Waals surface area contributed by atoms with Crippen LogP contribution >= 0.6 is 0 Å². The van der Waals surface area contributed by atoms with E-state index in [1.54, 1.807) is 17.0 Å². The number of ether oxygens (including phenoxy) is 2. The van der Waals surface area contributed by atoms with Gasteiger partial charge in [-0.25, -0.2) is 4.79 Å². The van der Waals surface area contributed by atoms with Crippen molar-refractivity contribution in [2.24, 2.45) is 11.8 Å². The van der Waals surface area contributed by atoms with Gasteiger partial charge < -0.3 is 19.3 Å². The van der Waals surface area contributed by atoms with E-state index in [0.29, 0.717) is 31.4 Å². The summed E-state index contributed by atoms with van der Waals surface area (Å²) >= 11 is 1.45. The molecule has 1 aromatic carbocycles. The molecule has 36 heavy (non-hydrogen) atoms. The van der Waals surface area contributed by atoms with Gasteiger partial charge in [-0.15, -0.1) is 0 Å². The molecule has 1 aromatic rings. The molecule has 0 radical (unpaired) electrons. The summed E-state index contributed by atoms with van der Waals surface area (Å²) in [7, 11) is 0. The zero-order valence-electron chi connectivity index (χ0n) is 21.8. The van der Waals surface area contributed by atoms with Gasteiger partial charge in [0.25, 0.3) is 5.75 Å². The van der Waals surface area contributed by atoms with Crippen LogP contribution in [0.2, 0.25) is 0 Å². The average molecular weight is 521 g/mol. The van der Waals surface area contributed by atoms with Gasteiger partial charge in [0.05, 0.1) is 13.1 Å². The van der Waals surface area contributed by atoms with Crippen LogP contribution in [-0.4, -0.2) is 76.4 Å². The Labute approximate surface area is 218 Å². The Bertz CT molecular complexity index is 963. The zero-order chi connectivity index (χ0) is 25.7. The second-order valence-corrected chi connectivity index (χ2v) is 12.5. The lowest BCUT2D eigenvalue weighted by Crippen LogP contribution is -2.43. The van der Waals surface area contributed by atoms with Crippen LogP contribution in [-0.2, 0) is 21.3 Å². The van der Waals surface area contributed by atoms with Crippen molar-refractivity contribution >= 4 is 29.3 Å². The molecule has 0 aromatic heterocycles. The minimum absolute atomic E-state index is 0.0596. The third-order valence-corrected chi connectivity index (χ3v) is 8.26. The Morgan fingerprint density at radius 1 is 1.08 bits per heavy atom. The number of hydrogen-bond donors (Lipinski definition) is 0. The van der Waals surface area contributed by atoms with Gasteiger partial charge in [-0.1, -0.05) is 6.08 Å². The fourth-order valence-corrected chi connectivity index (χ4v) is 6.08. The Hall–Kier alpha value is -2.22. The van der Waals surface area contributed by atoms with Crippen molar-refractivity contribution in [3.05, 3.63) is 35.7 Å². The summed E-state index contributed by atoms with van der Waals surface area (Å²) in [6, 6.07) is 5.30. The molecule has 1 unspecified atom stereocenters. The number of allylic oxidation sites excluding steroid dienone is 2. The van der Waals surface area contributed by atoms with Crippen LogP contribution in [0.25, 0.3) is 5.57 Å². The van der Waals surface area contributed by atoms with Gasteiger partial charge >= 0.3 is 6.09 Å². The number of carbonyl (C=O) groups excluding carboxylic acids is 2. The van der Waals surface area contributed by atoms with Crippen molar-refractivity contribution < 1.29 is 23.5 Å². The van der Waals surface area contributed by atoms with Crippen molar-refractivity contribution in [1.29, 1.82) is 0 Å². The van der Waals surface area contributed by atoms with Crippen LogP contribution in [0, 0.1) is 17.7 Å². The van der Waals surface area contributed by atoms with E-state index in [4.69, 9.17) is 4.74 Å². The minimum Gasteiger partial charge on any atom is -0.580 e. The summed E-state index contributed by atoms with van der Waals surface area (Å²) in [4.78, 5) is 28.8. The van der Waals surface area contributed by atoms with E-state index in [1.807, 2.05) is 31.7 Å². The molecule has 0 saturated carbocycles. The predicted octanol–water partition coefficient (Wildman–Crippen LogP) is 4.55. The fourth-order valence-electron chi connectivity index (χ4n) is 5.09. The Morgan fingerprint density at radius 2 is 1.81 bits per heavy atom. The number of rotatable bonds is 5. The number of piperidine rings is 1. The molecule has 1 aliphatic carbocycles. The van der Waals surface area contributed by atoms with Gasteiger partial charge in [-0.2, -0.15) is 4.39 Å². The monoisotopic (exact) mass is 520 g/mol. The quantitative estimate of drug-likeness (QED) is 0.423. The molecule has 0 bridgehead atoms. The molecular formula is C28H41FN2O4S+2. The van der Waals surface area contributed by atoms with Crippen LogP contribution in [0.3, 0.4) is 0 Å². The molecule has 3 aliphatic rings. The third-order valence-electron chi connectivity index (χ3n) is 7.23. The van der Waals surface area contributed by atoms with Gasteiger partial charge in [0.1, 0.15) is 17.1 Å².